The molecule has 2 rings (SSSR count). The number of halogens is 3. The number of ether oxygens (including phenoxy) is 1. The highest BCUT2D eigenvalue weighted by molar-refractivity contribution is 7.88. The van der Waals surface area contributed by atoms with Gasteiger partial charge in [-0.25, -0.2) is 4.79 Å². The molecule has 0 radical (unpaired) electrons. The van der Waals surface area contributed by atoms with E-state index in [9.17, 15) is 26.4 Å². The molecule has 0 spiro atoms. The van der Waals surface area contributed by atoms with Crippen molar-refractivity contribution in [1.29, 1.82) is 0 Å². The average Bonchev–Trinajstić information content (AvgIpc) is 2.45. The third-order valence-electron chi connectivity index (χ3n) is 3.10. The molecule has 24 heavy (non-hydrogen) atoms. The molecule has 130 valence electrons. The summed E-state index contributed by atoms with van der Waals surface area (Å²) in [5, 5.41) is -0.0474. The molecule has 0 bridgehead atoms. The number of rotatable bonds is 3. The smallest absolute Gasteiger partial charge is 0.465 e. The number of hydrogen-bond donors (Lipinski definition) is 0. The Morgan fingerprint density at radius 2 is 1.79 bits per heavy atom. The predicted molar refractivity (Wildman–Crippen MR) is 78.2 cm³/mol. The van der Waals surface area contributed by atoms with Crippen LogP contribution in [0.3, 0.4) is 0 Å². The van der Waals surface area contributed by atoms with Crippen LogP contribution >= 0.6 is 0 Å². The molecule has 0 atom stereocenters. The van der Waals surface area contributed by atoms with Crippen LogP contribution in [-0.4, -0.2) is 32.0 Å². The molecule has 6 nitrogen and oxygen atoms in total. The molecule has 1 heterocycles. The summed E-state index contributed by atoms with van der Waals surface area (Å²) in [6, 6.07) is 3.65. The van der Waals surface area contributed by atoms with E-state index in [2.05, 4.69) is 13.9 Å². The van der Waals surface area contributed by atoms with E-state index in [4.69, 9.17) is 0 Å². The molecule has 0 unspecified atom stereocenters. The normalized spacial score (nSPS) is 12.2. The minimum absolute atomic E-state index is 0.0300. The number of aromatic nitrogens is 1. The molecule has 1 aromatic heterocycles. The fourth-order valence-corrected chi connectivity index (χ4v) is 2.53. The first-order valence-electron chi connectivity index (χ1n) is 6.47. The Morgan fingerprint density at radius 1 is 1.17 bits per heavy atom. The maximum atomic E-state index is 12.6. The van der Waals surface area contributed by atoms with Gasteiger partial charge in [0.05, 0.1) is 18.2 Å². The number of carbonyl (C=O) groups is 1. The molecule has 0 N–H and O–H groups in total. The van der Waals surface area contributed by atoms with Gasteiger partial charge in [0.2, 0.25) is 0 Å². The zero-order valence-corrected chi connectivity index (χ0v) is 13.6. The second-order valence-corrected chi connectivity index (χ2v) is 6.46. The van der Waals surface area contributed by atoms with Crippen LogP contribution < -0.4 is 4.18 Å². The summed E-state index contributed by atoms with van der Waals surface area (Å²) in [6.45, 7) is 3.05. The summed E-state index contributed by atoms with van der Waals surface area (Å²) in [6.07, 6.45) is 0. The molecule has 0 aliphatic carbocycles. The summed E-state index contributed by atoms with van der Waals surface area (Å²) in [4.78, 5) is 15.8. The number of nitrogens with zero attached hydrogens (tertiary/aromatic N) is 1. The van der Waals surface area contributed by atoms with E-state index < -0.39 is 27.3 Å². The van der Waals surface area contributed by atoms with E-state index in [0.717, 1.165) is 13.2 Å². The number of alkyl halides is 3. The topological polar surface area (TPSA) is 82.6 Å². The van der Waals surface area contributed by atoms with Crippen molar-refractivity contribution >= 4 is 27.0 Å². The van der Waals surface area contributed by atoms with Crippen molar-refractivity contribution in [2.24, 2.45) is 0 Å². The third kappa shape index (κ3) is 3.28. The van der Waals surface area contributed by atoms with Crippen molar-refractivity contribution in [2.45, 2.75) is 19.4 Å². The van der Waals surface area contributed by atoms with E-state index in [1.165, 1.54) is 19.1 Å². The molecule has 0 fully saturated rings. The fourth-order valence-electron chi connectivity index (χ4n) is 2.06. The van der Waals surface area contributed by atoms with Crippen LogP contribution in [0.25, 0.3) is 10.9 Å². The van der Waals surface area contributed by atoms with Gasteiger partial charge in [-0.1, -0.05) is 0 Å². The first-order valence-corrected chi connectivity index (χ1v) is 7.88. The van der Waals surface area contributed by atoms with Crippen molar-refractivity contribution in [3.05, 3.63) is 35.0 Å². The van der Waals surface area contributed by atoms with Gasteiger partial charge < -0.3 is 8.92 Å². The van der Waals surface area contributed by atoms with Gasteiger partial charge in [0.25, 0.3) is 0 Å². The predicted octanol–water partition coefficient (Wildman–Crippen LogP) is 2.87. The number of carbonyl (C=O) groups excluding carboxylic acids is 1. The molecule has 10 heteroatoms. The van der Waals surface area contributed by atoms with Gasteiger partial charge in [-0.2, -0.15) is 21.6 Å². The minimum Gasteiger partial charge on any atom is -0.465 e. The van der Waals surface area contributed by atoms with Crippen LogP contribution in [-0.2, 0) is 14.9 Å². The van der Waals surface area contributed by atoms with Gasteiger partial charge in [0, 0.05) is 17.1 Å². The van der Waals surface area contributed by atoms with Gasteiger partial charge >= 0.3 is 21.6 Å². The molecule has 0 amide bonds. The number of fused-ring (bicyclic) bond motifs is 1. The lowest BCUT2D eigenvalue weighted by atomic mass is 10.0. The monoisotopic (exact) mass is 363 g/mol. The van der Waals surface area contributed by atoms with E-state index in [1.807, 2.05) is 0 Å². The number of methoxy groups -OCH3 is 1. The van der Waals surface area contributed by atoms with Crippen LogP contribution in [0.4, 0.5) is 13.2 Å². The first kappa shape index (κ1) is 18.0. The molecule has 0 saturated heterocycles. The quantitative estimate of drug-likeness (QED) is 0.474. The summed E-state index contributed by atoms with van der Waals surface area (Å²) >= 11 is 0. The Balaban J connectivity index is 2.73. The van der Waals surface area contributed by atoms with Crippen molar-refractivity contribution in [1.82, 2.24) is 4.98 Å². The van der Waals surface area contributed by atoms with Gasteiger partial charge in [-0.05, 0) is 31.5 Å². The molecule has 2 aromatic rings. The standard InChI is InChI=1S/C14H12F3NO5S/c1-7-4-9(13(19)22-3)6-10-11(5-8(2)18-12(7)10)23-24(20,21)14(15,16)17/h4-6H,1-3H3. The number of pyridine rings is 1. The Labute approximate surface area is 135 Å². The Hall–Kier alpha value is -2.36. The summed E-state index contributed by atoms with van der Waals surface area (Å²) < 4.78 is 69.0. The summed E-state index contributed by atoms with van der Waals surface area (Å²) in [5.41, 5.74) is -4.63. The van der Waals surface area contributed by atoms with Crippen molar-refractivity contribution in [2.75, 3.05) is 7.11 Å². The van der Waals surface area contributed by atoms with Crippen molar-refractivity contribution in [3.8, 4) is 5.75 Å². The first-order chi connectivity index (χ1) is 11.0. The molecule has 0 saturated carbocycles. The Kier molecular flexibility index (Phi) is 4.44. The van der Waals surface area contributed by atoms with Crippen molar-refractivity contribution in [3.63, 3.8) is 0 Å². The lowest BCUT2D eigenvalue weighted by molar-refractivity contribution is -0.0499. The van der Waals surface area contributed by atoms with Gasteiger partial charge in [-0.3, -0.25) is 4.98 Å². The van der Waals surface area contributed by atoms with E-state index in [-0.39, 0.29) is 22.2 Å². The molecular formula is C14H12F3NO5S. The zero-order chi connectivity index (χ0) is 18.3. The SMILES string of the molecule is COC(=O)c1cc(C)c2nc(C)cc(OS(=O)(=O)C(F)(F)F)c2c1. The van der Waals surface area contributed by atoms with Crippen LogP contribution in [0, 0.1) is 13.8 Å². The number of aryl methyl sites for hydroxylation is 2. The summed E-state index contributed by atoms with van der Waals surface area (Å²) in [7, 11) is -4.71. The van der Waals surface area contributed by atoms with Crippen LogP contribution in [0.2, 0.25) is 0 Å². The Morgan fingerprint density at radius 3 is 2.33 bits per heavy atom. The van der Waals surface area contributed by atoms with E-state index in [0.29, 0.717) is 5.56 Å². The highest BCUT2D eigenvalue weighted by Gasteiger charge is 2.48. The van der Waals surface area contributed by atoms with Crippen LogP contribution in [0.1, 0.15) is 21.6 Å². The minimum atomic E-state index is -5.85. The van der Waals surface area contributed by atoms with Crippen molar-refractivity contribution < 1.29 is 35.3 Å². The second-order valence-electron chi connectivity index (χ2n) is 4.93. The molecule has 0 aliphatic rings. The maximum absolute atomic E-state index is 12.6. The average molecular weight is 363 g/mol. The number of benzene rings is 1. The third-order valence-corrected chi connectivity index (χ3v) is 4.06. The van der Waals surface area contributed by atoms with E-state index in [1.54, 1.807) is 6.92 Å². The molecular weight excluding hydrogens is 351 g/mol. The second kappa shape index (κ2) is 5.93. The van der Waals surface area contributed by atoms with Gasteiger partial charge in [-0.15, -0.1) is 0 Å². The number of esters is 1. The van der Waals surface area contributed by atoms with Crippen LogP contribution in [0.15, 0.2) is 18.2 Å². The lowest BCUT2D eigenvalue weighted by Gasteiger charge is -2.13. The number of hydrogen-bond acceptors (Lipinski definition) is 6. The lowest BCUT2D eigenvalue weighted by Crippen LogP contribution is -2.28. The molecule has 0 aliphatic heterocycles. The Bertz CT molecular complexity index is 922. The fraction of sp³-hybridized carbons (Fsp3) is 0.286. The van der Waals surface area contributed by atoms with Crippen LogP contribution in [0.5, 0.6) is 5.75 Å². The van der Waals surface area contributed by atoms with E-state index >= 15 is 0 Å². The largest absolute Gasteiger partial charge is 0.534 e. The molecule has 1 aromatic carbocycles. The summed E-state index contributed by atoms with van der Waals surface area (Å²) in [5.74, 6) is -1.30. The van der Waals surface area contributed by atoms with Gasteiger partial charge in [0.15, 0.2) is 5.75 Å². The highest BCUT2D eigenvalue weighted by atomic mass is 32.2. The maximum Gasteiger partial charge on any atom is 0.534 e. The highest BCUT2D eigenvalue weighted by Crippen LogP contribution is 2.33. The zero-order valence-electron chi connectivity index (χ0n) is 12.8. The van der Waals surface area contributed by atoms with Gasteiger partial charge in [0.1, 0.15) is 0 Å².